The van der Waals surface area contributed by atoms with Crippen LogP contribution in [0.2, 0.25) is 0 Å². The number of aryl methyl sites for hydroxylation is 1. The van der Waals surface area contributed by atoms with Crippen LogP contribution in [0.25, 0.3) is 0 Å². The average Bonchev–Trinajstić information content (AvgIpc) is 3.24. The standard InChI is InChI=1S/C32H32O/c1-5-13-27(14-6-1)21-22-32(30-19-11-4-12-20-30)24-23-31(33-32,25-28-15-7-2-8-16-28)26-29-17-9-3-10-18-29/h1-20H,21-26H2. The van der Waals surface area contributed by atoms with Crippen LogP contribution >= 0.6 is 0 Å². The summed E-state index contributed by atoms with van der Waals surface area (Å²) in [5, 5.41) is 0. The molecule has 1 heteroatoms. The summed E-state index contributed by atoms with van der Waals surface area (Å²) in [6.07, 6.45) is 5.98. The lowest BCUT2D eigenvalue weighted by molar-refractivity contribution is -0.112. The van der Waals surface area contributed by atoms with Gasteiger partial charge in [-0.3, -0.25) is 0 Å². The minimum absolute atomic E-state index is 0.213. The molecular weight excluding hydrogens is 400 g/mol. The van der Waals surface area contributed by atoms with Gasteiger partial charge in [0.2, 0.25) is 0 Å². The van der Waals surface area contributed by atoms with E-state index in [9.17, 15) is 0 Å². The highest BCUT2D eigenvalue weighted by atomic mass is 16.5. The van der Waals surface area contributed by atoms with Crippen molar-refractivity contribution in [1.29, 1.82) is 0 Å². The molecule has 1 unspecified atom stereocenters. The summed E-state index contributed by atoms with van der Waals surface area (Å²) in [5.41, 5.74) is 4.90. The van der Waals surface area contributed by atoms with Gasteiger partial charge in [-0.15, -0.1) is 0 Å². The van der Waals surface area contributed by atoms with Crippen LogP contribution in [0.5, 0.6) is 0 Å². The Kier molecular flexibility index (Phi) is 6.41. The summed E-state index contributed by atoms with van der Waals surface area (Å²) in [5.74, 6) is 0. The number of ether oxygens (including phenoxy) is 1. The molecule has 166 valence electrons. The molecule has 1 heterocycles. The van der Waals surface area contributed by atoms with E-state index in [2.05, 4.69) is 121 Å². The Hall–Kier alpha value is -3.16. The first-order valence-corrected chi connectivity index (χ1v) is 12.1. The van der Waals surface area contributed by atoms with Gasteiger partial charge in [-0.1, -0.05) is 121 Å². The Morgan fingerprint density at radius 3 is 1.48 bits per heavy atom. The molecule has 1 nitrogen and oxygen atoms in total. The molecule has 33 heavy (non-hydrogen) atoms. The predicted octanol–water partition coefficient (Wildman–Crippen LogP) is 7.55. The van der Waals surface area contributed by atoms with Crippen molar-refractivity contribution in [2.45, 2.75) is 49.7 Å². The molecule has 0 radical (unpaired) electrons. The summed E-state index contributed by atoms with van der Waals surface area (Å²) in [4.78, 5) is 0. The lowest BCUT2D eigenvalue weighted by Crippen LogP contribution is -2.38. The van der Waals surface area contributed by atoms with Crippen molar-refractivity contribution in [3.8, 4) is 0 Å². The van der Waals surface area contributed by atoms with E-state index in [-0.39, 0.29) is 11.2 Å². The van der Waals surface area contributed by atoms with E-state index >= 15 is 0 Å². The Labute approximate surface area is 198 Å². The molecule has 0 N–H and O–H groups in total. The minimum atomic E-state index is -0.263. The fraction of sp³-hybridized carbons (Fsp3) is 0.250. The maximum absolute atomic E-state index is 7.35. The molecule has 5 rings (SSSR count). The van der Waals surface area contributed by atoms with E-state index in [4.69, 9.17) is 4.74 Å². The third kappa shape index (κ3) is 5.10. The smallest absolute Gasteiger partial charge is 0.0943 e. The van der Waals surface area contributed by atoms with Crippen molar-refractivity contribution in [1.82, 2.24) is 0 Å². The van der Waals surface area contributed by atoms with Crippen molar-refractivity contribution in [2.75, 3.05) is 0 Å². The fourth-order valence-corrected chi connectivity index (χ4v) is 5.45. The van der Waals surface area contributed by atoms with Gasteiger partial charge < -0.3 is 4.74 Å². The van der Waals surface area contributed by atoms with Gasteiger partial charge in [-0.05, 0) is 47.9 Å². The van der Waals surface area contributed by atoms with Crippen LogP contribution in [0, 0.1) is 0 Å². The van der Waals surface area contributed by atoms with E-state index in [1.165, 1.54) is 22.3 Å². The lowest BCUT2D eigenvalue weighted by Gasteiger charge is -2.36. The van der Waals surface area contributed by atoms with Gasteiger partial charge >= 0.3 is 0 Å². The third-order valence-electron chi connectivity index (χ3n) is 7.09. The van der Waals surface area contributed by atoms with E-state index in [0.717, 1.165) is 38.5 Å². The Balaban J connectivity index is 1.49. The maximum Gasteiger partial charge on any atom is 0.0943 e. The van der Waals surface area contributed by atoms with Crippen molar-refractivity contribution >= 4 is 0 Å². The van der Waals surface area contributed by atoms with Crippen LogP contribution in [-0.4, -0.2) is 5.60 Å². The topological polar surface area (TPSA) is 9.23 Å². The highest BCUT2D eigenvalue weighted by Gasteiger charge is 2.49. The number of hydrogen-bond donors (Lipinski definition) is 0. The molecule has 1 atom stereocenters. The van der Waals surface area contributed by atoms with Crippen LogP contribution < -0.4 is 0 Å². The van der Waals surface area contributed by atoms with Gasteiger partial charge in [0.05, 0.1) is 11.2 Å². The molecular formula is C32H32O. The summed E-state index contributed by atoms with van der Waals surface area (Å²) in [6, 6.07) is 43.4. The van der Waals surface area contributed by atoms with Crippen LogP contribution in [0.3, 0.4) is 0 Å². The zero-order chi connectivity index (χ0) is 22.4. The summed E-state index contributed by atoms with van der Waals surface area (Å²) < 4.78 is 7.35. The van der Waals surface area contributed by atoms with Crippen LogP contribution in [0.4, 0.5) is 0 Å². The highest BCUT2D eigenvalue weighted by molar-refractivity contribution is 5.29. The molecule has 4 aromatic carbocycles. The first kappa shape index (κ1) is 21.7. The second-order valence-corrected chi connectivity index (χ2v) is 9.46. The predicted molar refractivity (Wildman–Crippen MR) is 136 cm³/mol. The van der Waals surface area contributed by atoms with Crippen LogP contribution in [0.1, 0.15) is 41.5 Å². The van der Waals surface area contributed by atoms with E-state index < -0.39 is 0 Å². The maximum atomic E-state index is 7.35. The molecule has 0 saturated carbocycles. The third-order valence-corrected chi connectivity index (χ3v) is 7.09. The average molecular weight is 433 g/mol. The van der Waals surface area contributed by atoms with Crippen LogP contribution in [0.15, 0.2) is 121 Å². The normalized spacial score (nSPS) is 19.4. The Bertz CT molecular complexity index is 1080. The van der Waals surface area contributed by atoms with Gasteiger partial charge in [-0.25, -0.2) is 0 Å². The highest BCUT2D eigenvalue weighted by Crippen LogP contribution is 2.50. The lowest BCUT2D eigenvalue weighted by atomic mass is 9.82. The Morgan fingerprint density at radius 1 is 0.515 bits per heavy atom. The van der Waals surface area contributed by atoms with Crippen molar-refractivity contribution in [3.63, 3.8) is 0 Å². The Morgan fingerprint density at radius 2 is 0.970 bits per heavy atom. The molecule has 1 aliphatic heterocycles. The van der Waals surface area contributed by atoms with Crippen LogP contribution in [-0.2, 0) is 29.6 Å². The van der Waals surface area contributed by atoms with Gasteiger partial charge in [0.25, 0.3) is 0 Å². The van der Waals surface area contributed by atoms with E-state index in [1.807, 2.05) is 0 Å². The second-order valence-electron chi connectivity index (χ2n) is 9.46. The molecule has 1 fully saturated rings. The molecule has 0 aliphatic carbocycles. The first-order chi connectivity index (χ1) is 16.3. The van der Waals surface area contributed by atoms with Gasteiger partial charge in [0, 0.05) is 12.8 Å². The number of benzene rings is 4. The van der Waals surface area contributed by atoms with E-state index in [1.54, 1.807) is 0 Å². The molecule has 4 aromatic rings. The quantitative estimate of drug-likeness (QED) is 0.279. The largest absolute Gasteiger partial charge is 0.363 e. The summed E-state index contributed by atoms with van der Waals surface area (Å²) in [7, 11) is 0. The monoisotopic (exact) mass is 432 g/mol. The molecule has 1 aliphatic rings. The second kappa shape index (κ2) is 9.77. The van der Waals surface area contributed by atoms with Crippen molar-refractivity contribution in [2.24, 2.45) is 0 Å². The van der Waals surface area contributed by atoms with Crippen molar-refractivity contribution in [3.05, 3.63) is 144 Å². The molecule has 0 bridgehead atoms. The van der Waals surface area contributed by atoms with Gasteiger partial charge in [-0.2, -0.15) is 0 Å². The van der Waals surface area contributed by atoms with Crippen molar-refractivity contribution < 1.29 is 4.74 Å². The SMILES string of the molecule is c1ccc(CCC2(c3ccccc3)CCC(Cc3ccccc3)(Cc3ccccc3)O2)cc1. The van der Waals surface area contributed by atoms with E-state index in [0.29, 0.717) is 0 Å². The first-order valence-electron chi connectivity index (χ1n) is 12.1. The summed E-state index contributed by atoms with van der Waals surface area (Å²) in [6.45, 7) is 0. The minimum Gasteiger partial charge on any atom is -0.363 e. The molecule has 0 aromatic heterocycles. The fourth-order valence-electron chi connectivity index (χ4n) is 5.45. The number of hydrogen-bond acceptors (Lipinski definition) is 1. The van der Waals surface area contributed by atoms with Gasteiger partial charge in [0.1, 0.15) is 0 Å². The number of rotatable bonds is 8. The molecule has 0 spiro atoms. The molecule has 0 amide bonds. The summed E-state index contributed by atoms with van der Waals surface area (Å²) >= 11 is 0. The zero-order valence-electron chi connectivity index (χ0n) is 19.2. The molecule has 1 saturated heterocycles. The zero-order valence-corrected chi connectivity index (χ0v) is 19.2. The van der Waals surface area contributed by atoms with Gasteiger partial charge in [0.15, 0.2) is 0 Å².